The van der Waals surface area contributed by atoms with Gasteiger partial charge in [0, 0.05) is 55.3 Å². The second kappa shape index (κ2) is 15.9. The van der Waals surface area contributed by atoms with Crippen molar-refractivity contribution in [3.05, 3.63) is 80.8 Å². The number of allylic oxidation sites excluding steroid dienone is 2. The molecule has 0 bridgehead atoms. The molecule has 9 rings (SSSR count). The molecule has 7 heterocycles. The first-order valence-electron chi connectivity index (χ1n) is 21.5. The fourth-order valence-corrected chi connectivity index (χ4v) is 10.7. The van der Waals surface area contributed by atoms with Crippen LogP contribution in [0.1, 0.15) is 70.1 Å². The van der Waals surface area contributed by atoms with Crippen LogP contribution in [0.4, 0.5) is 5.69 Å². The van der Waals surface area contributed by atoms with E-state index in [-0.39, 0.29) is 36.3 Å². The standard InChI is InChI=1S/C45H55N5O11/c1-4-32-28-8-14-47-31(28)21-50(32)38-39-26(18-29-34(52)17-25(2)59-40(29)38)19-37(43(3,60-39)13-7-27-20-48-42(56)44(27)11-5-6-12-44)61-58-23-36(54)45(57,41(55)35(53)22-51)24-49-16-10-30-33(49)9-15-46-30/h8-10,14-15,17-18,21,27,32,35-37,41,51,53-55,57H,4-7,11-13,16,19-20,22-24H2,1-3H3,(H,48,56)/t27-,32?,35+,36-,37+,41+,43+,45+/m0/s1. The number of aliphatic hydroxyl groups is 5. The number of aliphatic hydroxyl groups excluding tert-OH is 4. The summed E-state index contributed by atoms with van der Waals surface area (Å²) < 4.78 is 13.6. The number of aryl methyl sites for hydroxylation is 1. The first-order valence-corrected chi connectivity index (χ1v) is 21.5. The van der Waals surface area contributed by atoms with Crippen LogP contribution in [0.2, 0.25) is 0 Å². The number of rotatable bonds is 15. The molecule has 61 heavy (non-hydrogen) atoms. The van der Waals surface area contributed by atoms with Gasteiger partial charge in [0.05, 0.1) is 47.1 Å². The van der Waals surface area contributed by atoms with Crippen LogP contribution >= 0.6 is 0 Å². The molecule has 1 aromatic heterocycles. The lowest BCUT2D eigenvalue weighted by atomic mass is 9.72. The largest absolute Gasteiger partial charge is 0.482 e. The van der Waals surface area contributed by atoms with Crippen molar-refractivity contribution >= 4 is 35.0 Å². The predicted octanol–water partition coefficient (Wildman–Crippen LogP) is 2.62. The molecule has 1 aromatic carbocycles. The van der Waals surface area contributed by atoms with Gasteiger partial charge < -0.3 is 49.8 Å². The minimum absolute atomic E-state index is 0.0665. The predicted molar refractivity (Wildman–Crippen MR) is 225 cm³/mol. The van der Waals surface area contributed by atoms with E-state index in [0.717, 1.165) is 43.4 Å². The maximum absolute atomic E-state index is 13.7. The molecule has 326 valence electrons. The number of nitrogens with zero attached hydrogens (tertiary/aromatic N) is 4. The zero-order chi connectivity index (χ0) is 42.8. The molecule has 7 aliphatic rings. The Balaban J connectivity index is 1.05. The van der Waals surface area contributed by atoms with Gasteiger partial charge in [0.1, 0.15) is 53.7 Å². The zero-order valence-corrected chi connectivity index (χ0v) is 34.7. The Morgan fingerprint density at radius 2 is 1.87 bits per heavy atom. The number of hydrogen-bond donors (Lipinski definition) is 6. The molecule has 2 aromatic rings. The number of aliphatic imine (C=N–C) groups is 2. The maximum atomic E-state index is 13.7. The Kier molecular flexibility index (Phi) is 10.9. The van der Waals surface area contributed by atoms with Gasteiger partial charge in [-0.1, -0.05) is 19.8 Å². The van der Waals surface area contributed by atoms with E-state index in [1.807, 2.05) is 25.3 Å². The molecule has 6 N–H and O–H groups in total. The molecule has 2 fully saturated rings. The summed E-state index contributed by atoms with van der Waals surface area (Å²) in [5.41, 5.74) is 0.768. The smallest absolute Gasteiger partial charge is 0.226 e. The van der Waals surface area contributed by atoms with E-state index in [4.69, 9.17) is 18.9 Å². The number of benzene rings is 1. The Labute approximate surface area is 353 Å². The van der Waals surface area contributed by atoms with Crippen LogP contribution in [0.5, 0.6) is 5.75 Å². The summed E-state index contributed by atoms with van der Waals surface area (Å²) in [4.78, 5) is 51.7. The molecule has 1 amide bonds. The highest BCUT2D eigenvalue weighted by atomic mass is 17.2. The highest BCUT2D eigenvalue weighted by molar-refractivity contribution is 5.96. The van der Waals surface area contributed by atoms with Crippen LogP contribution in [-0.4, -0.2) is 123 Å². The lowest BCUT2D eigenvalue weighted by Gasteiger charge is -2.44. The third-order valence-electron chi connectivity index (χ3n) is 14.2. The molecule has 0 radical (unpaired) electrons. The van der Waals surface area contributed by atoms with Crippen molar-refractivity contribution < 1.29 is 49.3 Å². The Bertz CT molecular complexity index is 2340. The van der Waals surface area contributed by atoms with Crippen molar-refractivity contribution in [3.63, 3.8) is 0 Å². The Hall–Kier alpha value is -4.68. The number of carbonyl (C=O) groups excluding carboxylic acids is 1. The molecular formula is C45H55N5O11. The van der Waals surface area contributed by atoms with E-state index in [9.17, 15) is 35.1 Å². The van der Waals surface area contributed by atoms with Gasteiger partial charge in [0.2, 0.25) is 5.91 Å². The topological polar surface area (TPSA) is 219 Å². The van der Waals surface area contributed by atoms with Gasteiger partial charge in [0.25, 0.3) is 0 Å². The number of hydrogen-bond acceptors (Lipinski definition) is 15. The van der Waals surface area contributed by atoms with Crippen LogP contribution in [0.25, 0.3) is 11.0 Å². The number of fused-ring (bicyclic) bond motifs is 4. The minimum Gasteiger partial charge on any atom is -0.482 e. The van der Waals surface area contributed by atoms with Gasteiger partial charge in [0.15, 0.2) is 16.8 Å². The average molecular weight is 842 g/mol. The number of carbonyl (C=O) groups is 1. The summed E-state index contributed by atoms with van der Waals surface area (Å²) in [7, 11) is 0. The minimum atomic E-state index is -2.40. The average Bonchev–Trinajstić information content (AvgIpc) is 4.10. The zero-order valence-electron chi connectivity index (χ0n) is 34.7. The fourth-order valence-electron chi connectivity index (χ4n) is 10.7. The maximum Gasteiger partial charge on any atom is 0.226 e. The SMILES string of the molecule is CCC1C2=CC=NC2=CN1c1c2c(cc3c(=O)cc(C)oc13)C[C@@H](OOC[C@H](O)[C@](O)(CN1CC=C3N=CC=C31)[C@H](O)[C@H](O)CO)[C@@](C)(CC[C@H]1CNC(=O)C13CCCC3)O2. The molecule has 1 saturated carbocycles. The van der Waals surface area contributed by atoms with E-state index >= 15 is 0 Å². The monoisotopic (exact) mass is 841 g/mol. The third kappa shape index (κ3) is 6.96. The van der Waals surface area contributed by atoms with Gasteiger partial charge in [-0.05, 0) is 76.2 Å². The van der Waals surface area contributed by atoms with Gasteiger partial charge >= 0.3 is 0 Å². The van der Waals surface area contributed by atoms with Crippen molar-refractivity contribution in [3.8, 4) is 5.75 Å². The summed E-state index contributed by atoms with van der Waals surface area (Å²) in [6, 6.07) is 3.12. The van der Waals surface area contributed by atoms with Crippen molar-refractivity contribution in [2.75, 3.05) is 37.7 Å². The first kappa shape index (κ1) is 41.7. The van der Waals surface area contributed by atoms with E-state index in [0.29, 0.717) is 71.1 Å². The normalized spacial score (nSPS) is 28.3. The molecule has 1 aliphatic carbocycles. The quantitative estimate of drug-likeness (QED) is 0.112. The summed E-state index contributed by atoms with van der Waals surface area (Å²) in [5, 5.41) is 58.4. The summed E-state index contributed by atoms with van der Waals surface area (Å²) in [5.74, 6) is 1.15. The highest BCUT2D eigenvalue weighted by Crippen LogP contribution is 2.53. The summed E-state index contributed by atoms with van der Waals surface area (Å²) in [6.07, 6.45) is 10.2. The molecular weight excluding hydrogens is 787 g/mol. The number of anilines is 1. The number of nitrogens with one attached hydrogen (secondary N) is 1. The van der Waals surface area contributed by atoms with E-state index in [1.165, 1.54) is 6.07 Å². The first-order chi connectivity index (χ1) is 29.3. The van der Waals surface area contributed by atoms with Crippen molar-refractivity contribution in [2.24, 2.45) is 21.3 Å². The summed E-state index contributed by atoms with van der Waals surface area (Å²) >= 11 is 0. The van der Waals surface area contributed by atoms with E-state index in [2.05, 4.69) is 27.1 Å². The van der Waals surface area contributed by atoms with E-state index in [1.54, 1.807) is 36.4 Å². The van der Waals surface area contributed by atoms with Gasteiger partial charge in [-0.3, -0.25) is 19.6 Å². The molecule has 1 saturated heterocycles. The molecule has 16 nitrogen and oxygen atoms in total. The number of amides is 1. The molecule has 1 spiro atoms. The molecule has 8 atom stereocenters. The Morgan fingerprint density at radius 3 is 2.64 bits per heavy atom. The molecule has 1 unspecified atom stereocenters. The van der Waals surface area contributed by atoms with Crippen LogP contribution in [0.15, 0.2) is 78.4 Å². The number of ether oxygens (including phenoxy) is 1. The summed E-state index contributed by atoms with van der Waals surface area (Å²) in [6.45, 7) is 4.83. The Morgan fingerprint density at radius 1 is 1.10 bits per heavy atom. The molecule has 16 heteroatoms. The van der Waals surface area contributed by atoms with Crippen LogP contribution < -0.4 is 20.4 Å². The lowest BCUT2D eigenvalue weighted by Crippen LogP contribution is -2.63. The fraction of sp³-hybridized carbons (Fsp3) is 0.556. The van der Waals surface area contributed by atoms with Crippen molar-refractivity contribution in [2.45, 2.75) is 114 Å². The highest BCUT2D eigenvalue weighted by Gasteiger charge is 2.54. The lowest BCUT2D eigenvalue weighted by molar-refractivity contribution is -0.365. The second-order valence-electron chi connectivity index (χ2n) is 17.9. The van der Waals surface area contributed by atoms with Crippen LogP contribution in [-0.2, 0) is 21.0 Å². The molecule has 6 aliphatic heterocycles. The van der Waals surface area contributed by atoms with Crippen molar-refractivity contribution in [1.82, 2.24) is 10.2 Å². The van der Waals surface area contributed by atoms with E-state index < -0.39 is 54.2 Å². The van der Waals surface area contributed by atoms with Crippen molar-refractivity contribution in [1.29, 1.82) is 0 Å². The van der Waals surface area contributed by atoms with Gasteiger partial charge in [-0.15, -0.1) is 0 Å². The van der Waals surface area contributed by atoms with Crippen LogP contribution in [0.3, 0.4) is 0 Å². The second-order valence-corrected chi connectivity index (χ2v) is 17.9. The van der Waals surface area contributed by atoms with Crippen LogP contribution in [0, 0.1) is 18.3 Å². The number of β-amino-alcohol motifs (C(OH)–C–C–N with tert-alkyl or cyclic N) is 1. The van der Waals surface area contributed by atoms with Gasteiger partial charge in [-0.2, -0.15) is 0 Å². The van der Waals surface area contributed by atoms with Gasteiger partial charge in [-0.25, -0.2) is 9.78 Å². The third-order valence-corrected chi connectivity index (χ3v) is 14.2.